The van der Waals surface area contributed by atoms with Crippen LogP contribution >= 0.6 is 0 Å². The van der Waals surface area contributed by atoms with E-state index >= 15 is 0 Å². The van der Waals surface area contributed by atoms with Crippen LogP contribution in [0.15, 0.2) is 51.4 Å². The van der Waals surface area contributed by atoms with Gasteiger partial charge in [-0.15, -0.1) is 10.2 Å². The Labute approximate surface area is 158 Å². The van der Waals surface area contributed by atoms with Crippen molar-refractivity contribution in [3.05, 3.63) is 65.9 Å². The Bertz CT molecular complexity index is 1070. The summed E-state index contributed by atoms with van der Waals surface area (Å²) in [7, 11) is 0. The van der Waals surface area contributed by atoms with E-state index in [9.17, 15) is 8.78 Å². The normalized spacial score (nSPS) is 11.0. The average molecular weight is 384 g/mol. The molecule has 0 radical (unpaired) electrons. The van der Waals surface area contributed by atoms with Crippen LogP contribution in [0.25, 0.3) is 22.8 Å². The lowest BCUT2D eigenvalue weighted by molar-refractivity contribution is 0.340. The predicted octanol–water partition coefficient (Wildman–Crippen LogP) is 4.05. The zero-order valence-corrected chi connectivity index (χ0v) is 14.7. The highest BCUT2D eigenvalue weighted by molar-refractivity contribution is 5.55. The van der Waals surface area contributed by atoms with Crippen LogP contribution in [0, 0.1) is 11.6 Å². The van der Waals surface area contributed by atoms with Crippen molar-refractivity contribution in [1.29, 1.82) is 0 Å². The molecule has 142 valence electrons. The Morgan fingerprint density at radius 3 is 2.39 bits per heavy atom. The zero-order valence-electron chi connectivity index (χ0n) is 14.7. The summed E-state index contributed by atoms with van der Waals surface area (Å²) in [6.45, 7) is 2.49. The van der Waals surface area contributed by atoms with E-state index in [1.165, 1.54) is 0 Å². The minimum atomic E-state index is -0.730. The summed E-state index contributed by atoms with van der Waals surface area (Å²) in [4.78, 5) is 4.30. The molecule has 0 unspecified atom stereocenters. The molecule has 0 atom stereocenters. The van der Waals surface area contributed by atoms with Crippen molar-refractivity contribution in [3.8, 4) is 28.6 Å². The van der Waals surface area contributed by atoms with Crippen molar-refractivity contribution in [3.63, 3.8) is 0 Å². The van der Waals surface area contributed by atoms with E-state index in [-0.39, 0.29) is 29.7 Å². The molecular weight excluding hydrogens is 370 g/mol. The van der Waals surface area contributed by atoms with Crippen molar-refractivity contribution < 1.29 is 22.5 Å². The molecule has 9 heteroatoms. The van der Waals surface area contributed by atoms with Crippen LogP contribution in [-0.4, -0.2) is 26.9 Å². The Morgan fingerprint density at radius 1 is 0.929 bits per heavy atom. The fraction of sp³-hybridized carbons (Fsp3) is 0.158. The lowest BCUT2D eigenvalue weighted by Crippen LogP contribution is -1.91. The van der Waals surface area contributed by atoms with Crippen LogP contribution in [0.1, 0.15) is 18.7 Å². The molecule has 0 N–H and O–H groups in total. The molecule has 0 bridgehead atoms. The molecule has 4 aromatic rings. The lowest BCUT2D eigenvalue weighted by atomic mass is 10.2. The highest BCUT2D eigenvalue weighted by Gasteiger charge is 2.15. The Kier molecular flexibility index (Phi) is 4.79. The smallest absolute Gasteiger partial charge is 0.247 e. The van der Waals surface area contributed by atoms with Gasteiger partial charge in [0.2, 0.25) is 23.5 Å². The second-order valence-electron chi connectivity index (χ2n) is 5.80. The number of hydrogen-bond donors (Lipinski definition) is 0. The van der Waals surface area contributed by atoms with Crippen LogP contribution in [0.5, 0.6) is 5.75 Å². The standard InChI is InChI=1S/C19H14F2N4O3/c1-2-26-15-5-3-11(4-6-15)18-22-16(28-25-18)10-17-23-24-19(27-17)12-7-13(20)9-14(21)8-12/h3-9H,2,10H2,1H3. The summed E-state index contributed by atoms with van der Waals surface area (Å²) in [5, 5.41) is 11.6. The lowest BCUT2D eigenvalue weighted by Gasteiger charge is -2.02. The second-order valence-corrected chi connectivity index (χ2v) is 5.80. The van der Waals surface area contributed by atoms with Crippen LogP contribution in [0.2, 0.25) is 0 Å². The highest BCUT2D eigenvalue weighted by Crippen LogP contribution is 2.23. The molecule has 4 rings (SSSR count). The molecule has 0 aliphatic heterocycles. The van der Waals surface area contributed by atoms with Gasteiger partial charge in [0.05, 0.1) is 6.61 Å². The molecule has 0 aliphatic rings. The minimum absolute atomic E-state index is 0.000322. The minimum Gasteiger partial charge on any atom is -0.494 e. The van der Waals surface area contributed by atoms with Gasteiger partial charge in [0.25, 0.3) is 0 Å². The summed E-state index contributed by atoms with van der Waals surface area (Å²) in [5.74, 6) is 0.149. The third-order valence-electron chi connectivity index (χ3n) is 3.77. The number of halogens is 2. The van der Waals surface area contributed by atoms with E-state index in [4.69, 9.17) is 13.7 Å². The number of ether oxygens (including phenoxy) is 1. The maximum absolute atomic E-state index is 13.3. The molecule has 0 aliphatic carbocycles. The molecule has 0 saturated heterocycles. The van der Waals surface area contributed by atoms with Gasteiger partial charge in [-0.05, 0) is 43.3 Å². The molecule has 0 amide bonds. The summed E-state index contributed by atoms with van der Waals surface area (Å²) >= 11 is 0. The first-order chi connectivity index (χ1) is 13.6. The van der Waals surface area contributed by atoms with Crippen LogP contribution in [0.3, 0.4) is 0 Å². The van der Waals surface area contributed by atoms with E-state index in [1.807, 2.05) is 31.2 Å². The van der Waals surface area contributed by atoms with Gasteiger partial charge in [0.15, 0.2) is 0 Å². The van der Waals surface area contributed by atoms with E-state index in [2.05, 4.69) is 20.3 Å². The molecule has 2 heterocycles. The van der Waals surface area contributed by atoms with Crippen molar-refractivity contribution >= 4 is 0 Å². The second kappa shape index (κ2) is 7.55. The summed E-state index contributed by atoms with van der Waals surface area (Å²) in [6.07, 6.45) is 0.0921. The van der Waals surface area contributed by atoms with Gasteiger partial charge in [0, 0.05) is 17.2 Å². The fourth-order valence-electron chi connectivity index (χ4n) is 2.56. The zero-order chi connectivity index (χ0) is 19.5. The largest absolute Gasteiger partial charge is 0.494 e. The number of nitrogens with zero attached hydrogens (tertiary/aromatic N) is 4. The highest BCUT2D eigenvalue weighted by atomic mass is 19.1. The topological polar surface area (TPSA) is 87.1 Å². The summed E-state index contributed by atoms with van der Waals surface area (Å²) < 4.78 is 42.7. The SMILES string of the molecule is CCOc1ccc(-c2noc(Cc3nnc(-c4cc(F)cc(F)c4)o3)n2)cc1. The van der Waals surface area contributed by atoms with Gasteiger partial charge < -0.3 is 13.7 Å². The van der Waals surface area contributed by atoms with E-state index in [1.54, 1.807) is 0 Å². The quantitative estimate of drug-likeness (QED) is 0.495. The predicted molar refractivity (Wildman–Crippen MR) is 93.4 cm³/mol. The third-order valence-corrected chi connectivity index (χ3v) is 3.77. The monoisotopic (exact) mass is 384 g/mol. The van der Waals surface area contributed by atoms with Crippen molar-refractivity contribution in [2.75, 3.05) is 6.61 Å². The van der Waals surface area contributed by atoms with E-state index in [0.29, 0.717) is 12.4 Å². The van der Waals surface area contributed by atoms with Crippen LogP contribution in [-0.2, 0) is 6.42 Å². The van der Waals surface area contributed by atoms with Crippen molar-refractivity contribution in [2.24, 2.45) is 0 Å². The van der Waals surface area contributed by atoms with Gasteiger partial charge in [-0.2, -0.15) is 4.98 Å². The molecule has 0 saturated carbocycles. The first-order valence-corrected chi connectivity index (χ1v) is 8.45. The first kappa shape index (κ1) is 17.8. The molecule has 2 aromatic heterocycles. The number of rotatable bonds is 6. The average Bonchev–Trinajstić information content (AvgIpc) is 3.32. The Morgan fingerprint density at radius 2 is 1.68 bits per heavy atom. The first-order valence-electron chi connectivity index (χ1n) is 8.45. The molecular formula is C19H14F2N4O3. The van der Waals surface area contributed by atoms with E-state index < -0.39 is 11.6 Å². The fourth-order valence-corrected chi connectivity index (χ4v) is 2.56. The third kappa shape index (κ3) is 3.88. The maximum atomic E-state index is 13.3. The maximum Gasteiger partial charge on any atom is 0.247 e. The van der Waals surface area contributed by atoms with Crippen molar-refractivity contribution in [2.45, 2.75) is 13.3 Å². The Balaban J connectivity index is 1.49. The van der Waals surface area contributed by atoms with Gasteiger partial charge >= 0.3 is 0 Å². The van der Waals surface area contributed by atoms with Crippen LogP contribution in [0.4, 0.5) is 8.78 Å². The van der Waals surface area contributed by atoms with Gasteiger partial charge in [-0.25, -0.2) is 8.78 Å². The number of aromatic nitrogens is 4. The summed E-state index contributed by atoms with van der Waals surface area (Å²) in [5.41, 5.74) is 0.914. The van der Waals surface area contributed by atoms with Gasteiger partial charge in [-0.1, -0.05) is 5.16 Å². The molecule has 0 spiro atoms. The van der Waals surface area contributed by atoms with Crippen molar-refractivity contribution in [1.82, 2.24) is 20.3 Å². The molecule has 2 aromatic carbocycles. The van der Waals surface area contributed by atoms with Crippen LogP contribution < -0.4 is 4.74 Å². The molecule has 0 fully saturated rings. The molecule has 28 heavy (non-hydrogen) atoms. The summed E-state index contributed by atoms with van der Waals surface area (Å²) in [6, 6.07) is 10.3. The number of benzene rings is 2. The van der Waals surface area contributed by atoms with Gasteiger partial charge in [0.1, 0.15) is 23.8 Å². The molecule has 7 nitrogen and oxygen atoms in total. The Hall–Kier alpha value is -3.62. The van der Waals surface area contributed by atoms with E-state index in [0.717, 1.165) is 29.5 Å². The van der Waals surface area contributed by atoms with Gasteiger partial charge in [-0.3, -0.25) is 0 Å². The number of hydrogen-bond acceptors (Lipinski definition) is 7.